The van der Waals surface area contributed by atoms with Gasteiger partial charge in [-0.2, -0.15) is 0 Å². The number of pyridine rings is 1. The van der Waals surface area contributed by atoms with E-state index in [4.69, 9.17) is 0 Å². The average Bonchev–Trinajstić information content (AvgIpc) is 2.41. The van der Waals surface area contributed by atoms with Gasteiger partial charge in [0.1, 0.15) is 17.3 Å². The summed E-state index contributed by atoms with van der Waals surface area (Å²) in [4.78, 5) is 16.0. The molecule has 1 aromatic carbocycles. The summed E-state index contributed by atoms with van der Waals surface area (Å²) in [5, 5.41) is 0. The summed E-state index contributed by atoms with van der Waals surface area (Å²) in [6.07, 6.45) is 2.80. The number of hydrogen-bond acceptors (Lipinski definition) is 2. The molecular formula is C16H15F2NO. The zero-order valence-electron chi connectivity index (χ0n) is 11.2. The van der Waals surface area contributed by atoms with Gasteiger partial charge in [0.25, 0.3) is 0 Å². The van der Waals surface area contributed by atoms with E-state index in [1.165, 1.54) is 12.1 Å². The van der Waals surface area contributed by atoms with Crippen LogP contribution in [0.3, 0.4) is 0 Å². The molecule has 0 aliphatic rings. The molecule has 104 valence electrons. The molecule has 4 heteroatoms. The molecular weight excluding hydrogens is 260 g/mol. The Balaban J connectivity index is 1.93. The van der Waals surface area contributed by atoms with Crippen LogP contribution in [-0.2, 0) is 6.42 Å². The Morgan fingerprint density at radius 3 is 2.75 bits per heavy atom. The quantitative estimate of drug-likeness (QED) is 0.775. The lowest BCUT2D eigenvalue weighted by Crippen LogP contribution is -2.05. The minimum Gasteiger partial charge on any atom is -0.292 e. The van der Waals surface area contributed by atoms with E-state index in [2.05, 4.69) is 4.98 Å². The molecule has 20 heavy (non-hydrogen) atoms. The molecule has 0 aliphatic carbocycles. The van der Waals surface area contributed by atoms with Gasteiger partial charge in [0, 0.05) is 18.7 Å². The largest absolute Gasteiger partial charge is 0.292 e. The third-order valence-corrected chi connectivity index (χ3v) is 3.14. The van der Waals surface area contributed by atoms with Crippen LogP contribution >= 0.6 is 0 Å². The van der Waals surface area contributed by atoms with Crippen LogP contribution in [0.1, 0.15) is 34.5 Å². The molecule has 0 amide bonds. The Hall–Kier alpha value is -2.10. The Kier molecular flexibility index (Phi) is 4.56. The Morgan fingerprint density at radius 1 is 1.25 bits per heavy atom. The maximum absolute atomic E-state index is 13.4. The highest BCUT2D eigenvalue weighted by Crippen LogP contribution is 2.14. The maximum atomic E-state index is 13.4. The number of rotatable bonds is 5. The highest BCUT2D eigenvalue weighted by atomic mass is 19.1. The van der Waals surface area contributed by atoms with Crippen molar-refractivity contribution in [1.82, 2.24) is 4.98 Å². The predicted molar refractivity (Wildman–Crippen MR) is 72.6 cm³/mol. The van der Waals surface area contributed by atoms with Crippen LogP contribution in [0.4, 0.5) is 8.78 Å². The molecule has 0 atom stereocenters. The lowest BCUT2D eigenvalue weighted by molar-refractivity contribution is 0.0974. The number of aryl methyl sites for hydroxylation is 2. The van der Waals surface area contributed by atoms with Crippen LogP contribution in [0.15, 0.2) is 36.5 Å². The first-order valence-electron chi connectivity index (χ1n) is 6.46. The Morgan fingerprint density at radius 2 is 2.05 bits per heavy atom. The van der Waals surface area contributed by atoms with E-state index in [0.29, 0.717) is 30.5 Å². The van der Waals surface area contributed by atoms with E-state index in [1.807, 2.05) is 13.0 Å². The summed E-state index contributed by atoms with van der Waals surface area (Å²) in [7, 11) is 0. The lowest BCUT2D eigenvalue weighted by atomic mass is 10.0. The standard InChI is InChI=1S/C16H15F2NO/c1-11-4-3-9-19-16(11)15(20)6-2-5-12-7-8-13(17)10-14(12)18/h3-4,7-10H,2,5-6H2,1H3. The molecule has 0 radical (unpaired) electrons. The van der Waals surface area contributed by atoms with E-state index in [1.54, 1.807) is 12.3 Å². The fraction of sp³-hybridized carbons (Fsp3) is 0.250. The van der Waals surface area contributed by atoms with Gasteiger partial charge in [-0.25, -0.2) is 8.78 Å². The molecule has 0 bridgehead atoms. The smallest absolute Gasteiger partial charge is 0.181 e. The minimum absolute atomic E-state index is 0.0504. The van der Waals surface area contributed by atoms with Gasteiger partial charge in [0.2, 0.25) is 0 Å². The van der Waals surface area contributed by atoms with Crippen LogP contribution in [0.5, 0.6) is 0 Å². The number of Topliss-reactive ketones (excluding diaryl/α,β-unsaturated/α-hetero) is 1. The van der Waals surface area contributed by atoms with Gasteiger partial charge in [-0.1, -0.05) is 12.1 Å². The Labute approximate surface area is 116 Å². The van der Waals surface area contributed by atoms with Crippen LogP contribution < -0.4 is 0 Å². The topological polar surface area (TPSA) is 30.0 Å². The summed E-state index contributed by atoms with van der Waals surface area (Å²) >= 11 is 0. The van der Waals surface area contributed by atoms with E-state index >= 15 is 0 Å². The molecule has 0 N–H and O–H groups in total. The van der Waals surface area contributed by atoms with Gasteiger partial charge in [0.05, 0.1) is 0 Å². The maximum Gasteiger partial charge on any atom is 0.181 e. The van der Waals surface area contributed by atoms with Crippen LogP contribution in [-0.4, -0.2) is 10.8 Å². The number of aromatic nitrogens is 1. The highest BCUT2D eigenvalue weighted by Gasteiger charge is 2.11. The van der Waals surface area contributed by atoms with Crippen molar-refractivity contribution in [3.63, 3.8) is 0 Å². The molecule has 0 aliphatic heterocycles. The Bertz CT molecular complexity index is 626. The zero-order chi connectivity index (χ0) is 14.5. The van der Waals surface area contributed by atoms with Crippen molar-refractivity contribution < 1.29 is 13.6 Å². The normalized spacial score (nSPS) is 10.6. The molecule has 0 saturated carbocycles. The number of halogens is 2. The molecule has 0 unspecified atom stereocenters. The molecule has 2 rings (SSSR count). The predicted octanol–water partition coefficient (Wildman–Crippen LogP) is 3.87. The van der Waals surface area contributed by atoms with Crippen molar-refractivity contribution in [2.45, 2.75) is 26.2 Å². The second kappa shape index (κ2) is 6.37. The molecule has 0 fully saturated rings. The van der Waals surface area contributed by atoms with E-state index in [9.17, 15) is 13.6 Å². The van der Waals surface area contributed by atoms with Gasteiger partial charge in [-0.3, -0.25) is 9.78 Å². The lowest BCUT2D eigenvalue weighted by Gasteiger charge is -2.05. The minimum atomic E-state index is -0.591. The van der Waals surface area contributed by atoms with Crippen molar-refractivity contribution in [2.24, 2.45) is 0 Å². The number of ketones is 1. The van der Waals surface area contributed by atoms with Crippen LogP contribution in [0, 0.1) is 18.6 Å². The van der Waals surface area contributed by atoms with Crippen LogP contribution in [0.25, 0.3) is 0 Å². The SMILES string of the molecule is Cc1cccnc1C(=O)CCCc1ccc(F)cc1F. The molecule has 0 saturated heterocycles. The van der Waals surface area contributed by atoms with Gasteiger partial charge in [-0.05, 0) is 43.0 Å². The fourth-order valence-corrected chi connectivity index (χ4v) is 2.06. The number of benzene rings is 1. The number of nitrogens with zero attached hydrogens (tertiary/aromatic N) is 1. The third kappa shape index (κ3) is 3.47. The molecule has 0 spiro atoms. The van der Waals surface area contributed by atoms with Gasteiger partial charge in [-0.15, -0.1) is 0 Å². The van der Waals surface area contributed by atoms with Gasteiger partial charge in [0.15, 0.2) is 5.78 Å². The van der Waals surface area contributed by atoms with E-state index in [0.717, 1.165) is 11.6 Å². The zero-order valence-corrected chi connectivity index (χ0v) is 11.2. The number of hydrogen-bond donors (Lipinski definition) is 0. The summed E-state index contributed by atoms with van der Waals surface area (Å²) in [6.45, 7) is 1.83. The first kappa shape index (κ1) is 14.3. The molecule has 1 heterocycles. The third-order valence-electron chi connectivity index (χ3n) is 3.14. The van der Waals surface area contributed by atoms with Crippen molar-refractivity contribution in [3.8, 4) is 0 Å². The van der Waals surface area contributed by atoms with Gasteiger partial charge >= 0.3 is 0 Å². The first-order chi connectivity index (χ1) is 9.58. The second-order valence-electron chi connectivity index (χ2n) is 4.68. The van der Waals surface area contributed by atoms with E-state index in [-0.39, 0.29) is 5.78 Å². The molecule has 2 aromatic rings. The van der Waals surface area contributed by atoms with Crippen molar-refractivity contribution in [1.29, 1.82) is 0 Å². The molecule has 1 aromatic heterocycles. The summed E-state index contributed by atoms with van der Waals surface area (Å²) < 4.78 is 26.2. The first-order valence-corrected chi connectivity index (χ1v) is 6.46. The summed E-state index contributed by atoms with van der Waals surface area (Å²) in [6, 6.07) is 7.12. The van der Waals surface area contributed by atoms with E-state index < -0.39 is 11.6 Å². The number of carbonyl (C=O) groups is 1. The monoisotopic (exact) mass is 275 g/mol. The number of carbonyl (C=O) groups excluding carboxylic acids is 1. The highest BCUT2D eigenvalue weighted by molar-refractivity contribution is 5.95. The summed E-state index contributed by atoms with van der Waals surface area (Å²) in [5.74, 6) is -1.21. The van der Waals surface area contributed by atoms with Crippen molar-refractivity contribution in [3.05, 3.63) is 65.0 Å². The average molecular weight is 275 g/mol. The van der Waals surface area contributed by atoms with Crippen molar-refractivity contribution in [2.75, 3.05) is 0 Å². The summed E-state index contributed by atoms with van der Waals surface area (Å²) in [5.41, 5.74) is 1.73. The second-order valence-corrected chi connectivity index (χ2v) is 4.68. The van der Waals surface area contributed by atoms with Gasteiger partial charge < -0.3 is 0 Å². The van der Waals surface area contributed by atoms with Crippen LogP contribution in [0.2, 0.25) is 0 Å². The van der Waals surface area contributed by atoms with Crippen molar-refractivity contribution >= 4 is 5.78 Å². The fourth-order valence-electron chi connectivity index (χ4n) is 2.06. The molecule has 2 nitrogen and oxygen atoms in total.